The molecular weight excluding hydrogens is 332 g/mol. The maximum absolute atomic E-state index is 5.41. The number of aryl methyl sites for hydroxylation is 1. The van der Waals surface area contributed by atoms with E-state index in [9.17, 15) is 0 Å². The number of rotatable bonds is 4. The molecule has 1 aromatic carbocycles. The highest BCUT2D eigenvalue weighted by Gasteiger charge is 2.12. The van der Waals surface area contributed by atoms with Gasteiger partial charge in [0.05, 0.1) is 19.9 Å². The van der Waals surface area contributed by atoms with E-state index in [1.807, 2.05) is 30.4 Å². The Morgan fingerprint density at radius 3 is 2.83 bits per heavy atom. The van der Waals surface area contributed by atoms with Gasteiger partial charge in [-0.25, -0.2) is 4.98 Å². The second kappa shape index (κ2) is 8.22. The zero-order valence-corrected chi connectivity index (χ0v) is 14.9. The first-order valence-electron chi connectivity index (χ1n) is 7.44. The number of methoxy groups -OCH3 is 2. The van der Waals surface area contributed by atoms with Crippen molar-refractivity contribution in [2.24, 2.45) is 0 Å². The number of aromatic nitrogens is 1. The minimum Gasteiger partial charge on any atom is -0.497 e. The van der Waals surface area contributed by atoms with Crippen molar-refractivity contribution in [2.75, 3.05) is 26.1 Å². The Bertz CT molecular complexity index is 662. The van der Waals surface area contributed by atoms with Crippen LogP contribution < -0.4 is 14.8 Å². The van der Waals surface area contributed by atoms with Crippen molar-refractivity contribution in [1.29, 1.82) is 0 Å². The summed E-state index contributed by atoms with van der Waals surface area (Å²) >= 11 is 1.71. The lowest BCUT2D eigenvalue weighted by atomic mass is 10.2. The highest BCUT2D eigenvalue weighted by Crippen LogP contribution is 2.30. The molecule has 0 unspecified atom stereocenters. The quantitative estimate of drug-likeness (QED) is 0.879. The van der Waals surface area contributed by atoms with Crippen molar-refractivity contribution in [1.82, 2.24) is 4.98 Å². The van der Waals surface area contributed by atoms with Gasteiger partial charge in [0.25, 0.3) is 0 Å². The molecule has 3 rings (SSSR count). The van der Waals surface area contributed by atoms with Gasteiger partial charge in [0.2, 0.25) is 0 Å². The van der Waals surface area contributed by atoms with Gasteiger partial charge in [-0.2, -0.15) is 0 Å². The highest BCUT2D eigenvalue weighted by molar-refractivity contribution is 7.16. The lowest BCUT2D eigenvalue weighted by Gasteiger charge is -2.06. The van der Waals surface area contributed by atoms with Crippen molar-refractivity contribution in [3.8, 4) is 11.5 Å². The zero-order valence-electron chi connectivity index (χ0n) is 13.3. The minimum absolute atomic E-state index is 0. The summed E-state index contributed by atoms with van der Waals surface area (Å²) in [6, 6.07) is 5.81. The number of anilines is 1. The van der Waals surface area contributed by atoms with Crippen LogP contribution in [0.4, 0.5) is 5.00 Å². The van der Waals surface area contributed by atoms with E-state index >= 15 is 0 Å². The molecule has 23 heavy (non-hydrogen) atoms. The average molecular weight is 353 g/mol. The van der Waals surface area contributed by atoms with Gasteiger partial charge in [-0.3, -0.25) is 0 Å². The van der Waals surface area contributed by atoms with Gasteiger partial charge in [0.15, 0.2) is 0 Å². The van der Waals surface area contributed by atoms with E-state index in [1.54, 1.807) is 25.6 Å². The molecule has 0 spiro atoms. The van der Waals surface area contributed by atoms with E-state index in [0.29, 0.717) is 0 Å². The van der Waals surface area contributed by atoms with E-state index in [1.165, 1.54) is 23.5 Å². The molecule has 0 fully saturated rings. The van der Waals surface area contributed by atoms with E-state index < -0.39 is 0 Å². The lowest BCUT2D eigenvalue weighted by molar-refractivity contribution is 0.394. The van der Waals surface area contributed by atoms with E-state index in [2.05, 4.69) is 5.32 Å². The normalized spacial score (nSPS) is 13.7. The summed E-state index contributed by atoms with van der Waals surface area (Å²) in [6.45, 7) is 1.05. The molecular formula is C17H21ClN2O2S. The fourth-order valence-electron chi connectivity index (χ4n) is 2.49. The molecule has 124 valence electrons. The van der Waals surface area contributed by atoms with E-state index in [0.717, 1.165) is 35.0 Å². The van der Waals surface area contributed by atoms with Crippen LogP contribution in [-0.2, 0) is 6.42 Å². The number of fused-ring (bicyclic) bond motifs is 1. The summed E-state index contributed by atoms with van der Waals surface area (Å²) in [4.78, 5) is 4.72. The van der Waals surface area contributed by atoms with Gasteiger partial charge in [-0.15, -0.1) is 12.4 Å². The number of thiazole rings is 1. The number of nitrogens with zero attached hydrogens (tertiary/aromatic N) is 1. The van der Waals surface area contributed by atoms with E-state index in [-0.39, 0.29) is 12.4 Å². The minimum atomic E-state index is 0. The first-order valence-corrected chi connectivity index (χ1v) is 8.25. The maximum atomic E-state index is 5.41. The fraction of sp³-hybridized carbons (Fsp3) is 0.353. The van der Waals surface area contributed by atoms with Crippen LogP contribution in [0.25, 0.3) is 12.2 Å². The second-order valence-electron chi connectivity index (χ2n) is 5.15. The number of ether oxygens (including phenoxy) is 2. The largest absolute Gasteiger partial charge is 0.497 e. The molecule has 1 aliphatic rings. The monoisotopic (exact) mass is 352 g/mol. The molecule has 2 aromatic rings. The second-order valence-corrected chi connectivity index (χ2v) is 6.18. The number of benzene rings is 1. The third-order valence-corrected chi connectivity index (χ3v) is 4.71. The summed E-state index contributed by atoms with van der Waals surface area (Å²) in [5.74, 6) is 1.59. The van der Waals surface area contributed by atoms with Crippen LogP contribution in [0.1, 0.15) is 29.1 Å². The van der Waals surface area contributed by atoms with Crippen LogP contribution in [0.2, 0.25) is 0 Å². The molecule has 0 saturated carbocycles. The van der Waals surface area contributed by atoms with Gasteiger partial charge >= 0.3 is 0 Å². The summed E-state index contributed by atoms with van der Waals surface area (Å²) < 4.78 is 10.6. The number of halogens is 1. The number of nitrogens with one attached hydrogen (secondary N) is 1. The molecule has 0 atom stereocenters. The van der Waals surface area contributed by atoms with Crippen molar-refractivity contribution in [2.45, 2.75) is 19.3 Å². The highest BCUT2D eigenvalue weighted by atomic mass is 35.5. The molecule has 0 bridgehead atoms. The van der Waals surface area contributed by atoms with Crippen molar-refractivity contribution in [3.63, 3.8) is 0 Å². The molecule has 2 heterocycles. The van der Waals surface area contributed by atoms with Gasteiger partial charge in [-0.05, 0) is 43.5 Å². The standard InChI is InChI=1S/C17H20N2O2S.ClH/c1-20-13-8-6-12(15(11-13)21-2)7-9-16-19-14-5-3-4-10-18-17(14)22-16;/h6-9,11,18H,3-5,10H2,1-2H3;1H. The van der Waals surface area contributed by atoms with Gasteiger partial charge in [0.1, 0.15) is 21.5 Å². The lowest BCUT2D eigenvalue weighted by Crippen LogP contribution is -1.96. The van der Waals surface area contributed by atoms with Crippen molar-refractivity contribution >= 4 is 40.9 Å². The van der Waals surface area contributed by atoms with Crippen molar-refractivity contribution in [3.05, 3.63) is 34.5 Å². The van der Waals surface area contributed by atoms with Gasteiger partial charge < -0.3 is 14.8 Å². The summed E-state index contributed by atoms with van der Waals surface area (Å²) in [5.41, 5.74) is 2.21. The van der Waals surface area contributed by atoms with Crippen LogP contribution in [0.3, 0.4) is 0 Å². The first-order chi connectivity index (χ1) is 10.8. The Kier molecular flexibility index (Phi) is 6.30. The van der Waals surface area contributed by atoms with E-state index in [4.69, 9.17) is 14.5 Å². The number of hydrogen-bond acceptors (Lipinski definition) is 5. The third-order valence-electron chi connectivity index (χ3n) is 3.69. The molecule has 1 aliphatic heterocycles. The Balaban J connectivity index is 0.00000192. The van der Waals surface area contributed by atoms with Crippen LogP contribution in [-0.4, -0.2) is 25.7 Å². The SMILES string of the molecule is COc1ccc(C=Cc2nc3c(s2)NCCCC3)c(OC)c1.Cl. The molecule has 1 aromatic heterocycles. The van der Waals surface area contributed by atoms with Crippen LogP contribution in [0, 0.1) is 0 Å². The molecule has 4 nitrogen and oxygen atoms in total. The average Bonchev–Trinajstić information content (AvgIpc) is 2.82. The topological polar surface area (TPSA) is 43.4 Å². The zero-order chi connectivity index (χ0) is 15.4. The summed E-state index contributed by atoms with van der Waals surface area (Å²) in [5, 5.41) is 5.71. The predicted octanol–water partition coefficient (Wildman–Crippen LogP) is 4.50. The Hall–Kier alpha value is -1.72. The van der Waals surface area contributed by atoms with Gasteiger partial charge in [-0.1, -0.05) is 11.3 Å². The predicted molar refractivity (Wildman–Crippen MR) is 99.3 cm³/mol. The van der Waals surface area contributed by atoms with Crippen molar-refractivity contribution < 1.29 is 9.47 Å². The maximum Gasteiger partial charge on any atom is 0.129 e. The summed E-state index contributed by atoms with van der Waals surface area (Å²) in [7, 11) is 3.32. The molecule has 0 saturated heterocycles. The Morgan fingerprint density at radius 1 is 1.17 bits per heavy atom. The smallest absolute Gasteiger partial charge is 0.129 e. The third kappa shape index (κ3) is 4.18. The Morgan fingerprint density at radius 2 is 2.04 bits per heavy atom. The van der Waals surface area contributed by atoms with Crippen LogP contribution in [0.5, 0.6) is 11.5 Å². The fourth-order valence-corrected chi connectivity index (χ4v) is 3.43. The van der Waals surface area contributed by atoms with Gasteiger partial charge in [0, 0.05) is 18.2 Å². The Labute approximate surface area is 147 Å². The molecule has 1 N–H and O–H groups in total. The molecule has 0 aliphatic carbocycles. The molecule has 6 heteroatoms. The molecule has 0 radical (unpaired) electrons. The molecule has 0 amide bonds. The number of hydrogen-bond donors (Lipinski definition) is 1. The first kappa shape index (κ1) is 17.6. The van der Waals surface area contributed by atoms with Crippen LogP contribution in [0.15, 0.2) is 18.2 Å². The summed E-state index contributed by atoms with van der Waals surface area (Å²) in [6.07, 6.45) is 7.58. The van der Waals surface area contributed by atoms with Crippen LogP contribution >= 0.6 is 23.7 Å².